The van der Waals surface area contributed by atoms with Crippen LogP contribution >= 0.6 is 11.6 Å². The van der Waals surface area contributed by atoms with Gasteiger partial charge in [-0.2, -0.15) is 0 Å². The molecule has 0 unspecified atom stereocenters. The van der Waals surface area contributed by atoms with E-state index < -0.39 is 11.9 Å². The summed E-state index contributed by atoms with van der Waals surface area (Å²) in [6.45, 7) is 0. The van der Waals surface area contributed by atoms with Gasteiger partial charge in [-0.3, -0.25) is 0 Å². The van der Waals surface area contributed by atoms with Crippen LogP contribution in [0.25, 0.3) is 11.1 Å². The van der Waals surface area contributed by atoms with Crippen molar-refractivity contribution >= 4 is 23.5 Å². The number of hydrogen-bond donors (Lipinski definition) is 1. The van der Waals surface area contributed by atoms with Crippen molar-refractivity contribution in [3.8, 4) is 11.1 Å². The summed E-state index contributed by atoms with van der Waals surface area (Å²) >= 11 is 5.70. The van der Waals surface area contributed by atoms with E-state index in [1.165, 1.54) is 19.4 Å². The van der Waals surface area contributed by atoms with Crippen LogP contribution in [0.4, 0.5) is 0 Å². The smallest absolute Gasteiger partial charge is 0.337 e. The summed E-state index contributed by atoms with van der Waals surface area (Å²) < 4.78 is 4.60. The van der Waals surface area contributed by atoms with Gasteiger partial charge >= 0.3 is 11.9 Å². The van der Waals surface area contributed by atoms with Crippen LogP contribution in [0, 0.1) is 0 Å². The molecule has 1 aromatic carbocycles. The average molecular weight is 292 g/mol. The molecule has 0 atom stereocenters. The number of ether oxygens (including phenoxy) is 1. The highest BCUT2D eigenvalue weighted by Gasteiger charge is 2.14. The SMILES string of the molecule is COC(=O)c1ccc(-c2cnc(Cl)cc2C(=O)O)cc1. The highest BCUT2D eigenvalue weighted by Crippen LogP contribution is 2.25. The molecule has 1 aromatic heterocycles. The van der Waals surface area contributed by atoms with Crippen molar-refractivity contribution in [1.29, 1.82) is 0 Å². The first-order valence-corrected chi connectivity index (χ1v) is 5.98. The largest absolute Gasteiger partial charge is 0.478 e. The van der Waals surface area contributed by atoms with E-state index in [-0.39, 0.29) is 10.7 Å². The molecule has 0 saturated carbocycles. The van der Waals surface area contributed by atoms with Gasteiger partial charge in [0.2, 0.25) is 0 Å². The van der Waals surface area contributed by atoms with Crippen molar-refractivity contribution in [2.24, 2.45) is 0 Å². The van der Waals surface area contributed by atoms with E-state index in [0.29, 0.717) is 16.7 Å². The number of aromatic carboxylic acids is 1. The van der Waals surface area contributed by atoms with Gasteiger partial charge in [0.05, 0.1) is 18.2 Å². The molecule has 0 aliphatic carbocycles. The summed E-state index contributed by atoms with van der Waals surface area (Å²) in [7, 11) is 1.29. The molecular weight excluding hydrogens is 282 g/mol. The summed E-state index contributed by atoms with van der Waals surface area (Å²) in [5.74, 6) is -1.55. The minimum absolute atomic E-state index is 0.0517. The van der Waals surface area contributed by atoms with Crippen molar-refractivity contribution in [3.05, 3.63) is 52.8 Å². The quantitative estimate of drug-likeness (QED) is 0.695. The van der Waals surface area contributed by atoms with E-state index in [0.717, 1.165) is 0 Å². The predicted molar refractivity (Wildman–Crippen MR) is 73.0 cm³/mol. The van der Waals surface area contributed by atoms with Crippen molar-refractivity contribution in [2.75, 3.05) is 7.11 Å². The second-order valence-electron chi connectivity index (χ2n) is 3.93. The third-order valence-electron chi connectivity index (χ3n) is 2.72. The maximum atomic E-state index is 11.3. The van der Waals surface area contributed by atoms with Crippen LogP contribution in [0.5, 0.6) is 0 Å². The number of aromatic nitrogens is 1. The van der Waals surface area contributed by atoms with E-state index in [1.54, 1.807) is 24.3 Å². The zero-order valence-corrected chi connectivity index (χ0v) is 11.2. The highest BCUT2D eigenvalue weighted by atomic mass is 35.5. The summed E-state index contributed by atoms with van der Waals surface area (Å²) in [5.41, 5.74) is 1.49. The molecule has 0 amide bonds. The van der Waals surface area contributed by atoms with E-state index >= 15 is 0 Å². The molecule has 0 bridgehead atoms. The van der Waals surface area contributed by atoms with Crippen LogP contribution in [0.1, 0.15) is 20.7 Å². The van der Waals surface area contributed by atoms with Crippen LogP contribution in [-0.2, 0) is 4.74 Å². The fourth-order valence-corrected chi connectivity index (χ4v) is 1.90. The number of carbonyl (C=O) groups excluding carboxylic acids is 1. The van der Waals surface area contributed by atoms with Crippen LogP contribution in [0.2, 0.25) is 5.15 Å². The molecule has 1 heterocycles. The van der Waals surface area contributed by atoms with Crippen molar-refractivity contribution in [3.63, 3.8) is 0 Å². The van der Waals surface area contributed by atoms with Gasteiger partial charge in [0.15, 0.2) is 0 Å². The molecule has 0 spiro atoms. The Balaban J connectivity index is 2.47. The summed E-state index contributed by atoms with van der Waals surface area (Å²) in [6.07, 6.45) is 1.39. The molecule has 0 radical (unpaired) electrons. The van der Waals surface area contributed by atoms with Crippen LogP contribution in [0.3, 0.4) is 0 Å². The standard InChI is InChI=1S/C14H10ClNO4/c1-20-14(19)9-4-2-8(3-5-9)11-7-16-12(15)6-10(11)13(17)18/h2-7H,1H3,(H,17,18). The average Bonchev–Trinajstić information content (AvgIpc) is 2.46. The Morgan fingerprint density at radius 3 is 2.45 bits per heavy atom. The molecule has 1 N–H and O–H groups in total. The minimum atomic E-state index is -1.10. The predicted octanol–water partition coefficient (Wildman–Crippen LogP) is 2.89. The number of carboxylic acid groups (broad SMARTS) is 1. The number of benzene rings is 1. The first-order chi connectivity index (χ1) is 9.52. The maximum Gasteiger partial charge on any atom is 0.337 e. The molecule has 0 aliphatic rings. The fourth-order valence-electron chi connectivity index (χ4n) is 1.74. The molecule has 20 heavy (non-hydrogen) atoms. The van der Waals surface area contributed by atoms with Gasteiger partial charge in [0.1, 0.15) is 5.15 Å². The van der Waals surface area contributed by atoms with Crippen LogP contribution < -0.4 is 0 Å². The highest BCUT2D eigenvalue weighted by molar-refractivity contribution is 6.29. The Morgan fingerprint density at radius 2 is 1.90 bits per heavy atom. The monoisotopic (exact) mass is 291 g/mol. The minimum Gasteiger partial charge on any atom is -0.478 e. The molecule has 2 rings (SSSR count). The Kier molecular flexibility index (Phi) is 4.00. The topological polar surface area (TPSA) is 76.5 Å². The second kappa shape index (κ2) is 5.71. The van der Waals surface area contributed by atoms with Crippen molar-refractivity contribution in [1.82, 2.24) is 4.98 Å². The summed E-state index contributed by atoms with van der Waals surface area (Å²) in [4.78, 5) is 26.4. The molecule has 102 valence electrons. The van der Waals surface area contributed by atoms with Gasteiger partial charge in [0.25, 0.3) is 0 Å². The molecule has 0 fully saturated rings. The number of carbonyl (C=O) groups is 2. The van der Waals surface area contributed by atoms with Crippen molar-refractivity contribution < 1.29 is 19.4 Å². The summed E-state index contributed by atoms with van der Waals surface area (Å²) in [5, 5.41) is 9.28. The van der Waals surface area contributed by atoms with Gasteiger partial charge in [-0.15, -0.1) is 0 Å². The molecule has 6 heteroatoms. The lowest BCUT2D eigenvalue weighted by Crippen LogP contribution is -2.02. The van der Waals surface area contributed by atoms with Gasteiger partial charge in [0, 0.05) is 11.8 Å². The zero-order valence-electron chi connectivity index (χ0n) is 10.5. The van der Waals surface area contributed by atoms with E-state index in [2.05, 4.69) is 9.72 Å². The number of hydrogen-bond acceptors (Lipinski definition) is 4. The van der Waals surface area contributed by atoms with E-state index in [4.69, 9.17) is 11.6 Å². The fraction of sp³-hybridized carbons (Fsp3) is 0.0714. The van der Waals surface area contributed by atoms with Crippen LogP contribution in [0.15, 0.2) is 36.5 Å². The Labute approximate surface area is 119 Å². The Morgan fingerprint density at radius 1 is 1.25 bits per heavy atom. The zero-order chi connectivity index (χ0) is 14.7. The first kappa shape index (κ1) is 14.0. The van der Waals surface area contributed by atoms with Gasteiger partial charge in [-0.1, -0.05) is 23.7 Å². The van der Waals surface area contributed by atoms with Crippen LogP contribution in [-0.4, -0.2) is 29.1 Å². The lowest BCUT2D eigenvalue weighted by molar-refractivity contribution is 0.0599. The van der Waals surface area contributed by atoms with Gasteiger partial charge < -0.3 is 9.84 Å². The number of halogens is 1. The van der Waals surface area contributed by atoms with Gasteiger partial charge in [-0.05, 0) is 23.8 Å². The molecule has 0 saturated heterocycles. The third-order valence-corrected chi connectivity index (χ3v) is 2.92. The number of nitrogens with zero attached hydrogens (tertiary/aromatic N) is 1. The lowest BCUT2D eigenvalue weighted by atomic mass is 10.0. The maximum absolute atomic E-state index is 11.3. The number of rotatable bonds is 3. The molecule has 0 aliphatic heterocycles. The van der Waals surface area contributed by atoms with Crippen molar-refractivity contribution in [2.45, 2.75) is 0 Å². The normalized spacial score (nSPS) is 10.1. The van der Waals surface area contributed by atoms with E-state index in [9.17, 15) is 14.7 Å². The van der Waals surface area contributed by atoms with E-state index in [1.807, 2.05) is 0 Å². The van der Waals surface area contributed by atoms with Gasteiger partial charge in [-0.25, -0.2) is 14.6 Å². The number of pyridine rings is 1. The summed E-state index contributed by atoms with van der Waals surface area (Å²) in [6, 6.07) is 7.66. The number of carboxylic acids is 1. The molecule has 5 nitrogen and oxygen atoms in total. The Bertz CT molecular complexity index is 667. The first-order valence-electron chi connectivity index (χ1n) is 5.60. The molecular formula is C14H10ClNO4. The molecule has 2 aromatic rings. The third kappa shape index (κ3) is 2.78. The Hall–Kier alpha value is -2.40. The second-order valence-corrected chi connectivity index (χ2v) is 4.31. The number of esters is 1. The number of methoxy groups -OCH3 is 1. The lowest BCUT2D eigenvalue weighted by Gasteiger charge is -2.07.